The molecule has 2 atom stereocenters. The van der Waals surface area contributed by atoms with E-state index in [2.05, 4.69) is 11.8 Å². The van der Waals surface area contributed by atoms with Crippen molar-refractivity contribution in [2.45, 2.75) is 39.2 Å². The molecule has 1 aromatic rings. The monoisotopic (exact) mass is 265 g/mol. The minimum Gasteiger partial charge on any atom is -0.388 e. The van der Waals surface area contributed by atoms with Gasteiger partial charge in [-0.1, -0.05) is 25.5 Å². The molecule has 1 aliphatic heterocycles. The lowest BCUT2D eigenvalue weighted by Gasteiger charge is -2.18. The zero-order valence-corrected chi connectivity index (χ0v) is 11.9. The average molecular weight is 265 g/mol. The summed E-state index contributed by atoms with van der Waals surface area (Å²) in [4.78, 5) is 2.40. The molecule has 1 heterocycles. The van der Waals surface area contributed by atoms with Gasteiger partial charge in [0.05, 0.1) is 6.10 Å². The molecule has 0 aromatic heterocycles. The van der Waals surface area contributed by atoms with Crippen molar-refractivity contribution in [2.24, 2.45) is 5.92 Å². The van der Waals surface area contributed by atoms with E-state index in [0.717, 1.165) is 25.6 Å². The van der Waals surface area contributed by atoms with Crippen LogP contribution in [0.5, 0.6) is 0 Å². The number of aliphatic hydroxyl groups is 1. The van der Waals surface area contributed by atoms with E-state index in [9.17, 15) is 9.50 Å². The fourth-order valence-electron chi connectivity index (χ4n) is 2.74. The normalized spacial score (nSPS) is 21.8. The lowest BCUT2D eigenvalue weighted by atomic mass is 10.0. The van der Waals surface area contributed by atoms with Crippen LogP contribution in [-0.2, 0) is 0 Å². The predicted molar refractivity (Wildman–Crippen MR) is 75.6 cm³/mol. The molecule has 0 bridgehead atoms. The second kappa shape index (κ2) is 6.49. The first-order valence-electron chi connectivity index (χ1n) is 7.26. The van der Waals surface area contributed by atoms with E-state index in [1.807, 2.05) is 6.07 Å². The molecule has 1 aliphatic rings. The van der Waals surface area contributed by atoms with Gasteiger partial charge in [-0.3, -0.25) is 0 Å². The lowest BCUT2D eigenvalue weighted by Crippen LogP contribution is -2.23. The Labute approximate surface area is 115 Å². The summed E-state index contributed by atoms with van der Waals surface area (Å²) in [6.45, 7) is 7.14. The smallest absolute Gasteiger partial charge is 0.126 e. The summed E-state index contributed by atoms with van der Waals surface area (Å²) in [5, 5.41) is 10.1. The van der Waals surface area contributed by atoms with Crippen LogP contribution in [0.3, 0.4) is 0 Å². The third-order valence-electron chi connectivity index (χ3n) is 4.25. The fraction of sp³-hybridized carbons (Fsp3) is 0.625. The van der Waals surface area contributed by atoms with Crippen molar-refractivity contribution in [3.05, 3.63) is 35.1 Å². The number of benzene rings is 1. The molecule has 3 heteroatoms. The van der Waals surface area contributed by atoms with Gasteiger partial charge in [-0.05, 0) is 49.4 Å². The van der Waals surface area contributed by atoms with Crippen LogP contribution < -0.4 is 0 Å². The van der Waals surface area contributed by atoms with E-state index < -0.39 is 6.10 Å². The standard InChI is InChI=1S/C16H24FNO/c1-3-13-6-8-18(11-13)9-7-16(19)14-5-4-12(2)15(17)10-14/h4-5,10,13,16,19H,3,6-9,11H2,1-2H3. The Bertz CT molecular complexity index is 421. The molecule has 1 saturated heterocycles. The second-order valence-corrected chi connectivity index (χ2v) is 5.68. The molecule has 2 rings (SSSR count). The van der Waals surface area contributed by atoms with Crippen molar-refractivity contribution in [2.75, 3.05) is 19.6 Å². The molecule has 0 radical (unpaired) electrons. The highest BCUT2D eigenvalue weighted by molar-refractivity contribution is 5.24. The Morgan fingerprint density at radius 2 is 2.26 bits per heavy atom. The van der Waals surface area contributed by atoms with Crippen molar-refractivity contribution in [1.29, 1.82) is 0 Å². The zero-order valence-electron chi connectivity index (χ0n) is 11.9. The molecule has 0 spiro atoms. The number of likely N-dealkylation sites (tertiary alicyclic amines) is 1. The van der Waals surface area contributed by atoms with Gasteiger partial charge in [0.2, 0.25) is 0 Å². The minimum atomic E-state index is -0.559. The van der Waals surface area contributed by atoms with Crippen LogP contribution in [0.15, 0.2) is 18.2 Å². The Morgan fingerprint density at radius 1 is 1.47 bits per heavy atom. The molecule has 106 valence electrons. The number of aryl methyl sites for hydroxylation is 1. The number of aliphatic hydroxyl groups excluding tert-OH is 1. The highest BCUT2D eigenvalue weighted by atomic mass is 19.1. The third kappa shape index (κ3) is 3.77. The number of halogens is 1. The van der Waals surface area contributed by atoms with E-state index in [4.69, 9.17) is 0 Å². The van der Waals surface area contributed by atoms with Gasteiger partial charge in [0, 0.05) is 13.1 Å². The number of rotatable bonds is 5. The largest absolute Gasteiger partial charge is 0.388 e. The molecule has 19 heavy (non-hydrogen) atoms. The van der Waals surface area contributed by atoms with Gasteiger partial charge < -0.3 is 10.0 Å². The Kier molecular flexibility index (Phi) is 4.94. The van der Waals surface area contributed by atoms with Crippen LogP contribution in [0.25, 0.3) is 0 Å². The zero-order chi connectivity index (χ0) is 13.8. The number of hydrogen-bond acceptors (Lipinski definition) is 2. The van der Waals surface area contributed by atoms with Crippen molar-refractivity contribution < 1.29 is 9.50 Å². The van der Waals surface area contributed by atoms with Gasteiger partial charge in [0.1, 0.15) is 5.82 Å². The SMILES string of the molecule is CCC1CCN(CCC(O)c2ccc(C)c(F)c2)C1. The number of hydrogen-bond donors (Lipinski definition) is 1. The first-order valence-corrected chi connectivity index (χ1v) is 7.26. The summed E-state index contributed by atoms with van der Waals surface area (Å²) in [5.41, 5.74) is 1.32. The summed E-state index contributed by atoms with van der Waals surface area (Å²) in [7, 11) is 0. The molecule has 0 aliphatic carbocycles. The summed E-state index contributed by atoms with van der Waals surface area (Å²) in [6, 6.07) is 5.01. The van der Waals surface area contributed by atoms with E-state index >= 15 is 0 Å². The van der Waals surface area contributed by atoms with Gasteiger partial charge in [0.25, 0.3) is 0 Å². The molecule has 2 nitrogen and oxygen atoms in total. The Balaban J connectivity index is 1.84. The number of nitrogens with zero attached hydrogens (tertiary/aromatic N) is 1. The van der Waals surface area contributed by atoms with E-state index in [1.54, 1.807) is 13.0 Å². The molecule has 0 amide bonds. The summed E-state index contributed by atoms with van der Waals surface area (Å²) in [5.74, 6) is 0.581. The van der Waals surface area contributed by atoms with Crippen LogP contribution >= 0.6 is 0 Å². The van der Waals surface area contributed by atoms with Crippen molar-refractivity contribution in [1.82, 2.24) is 4.90 Å². The maximum atomic E-state index is 13.5. The molecule has 1 fully saturated rings. The van der Waals surface area contributed by atoms with E-state index in [0.29, 0.717) is 17.5 Å². The summed E-state index contributed by atoms with van der Waals surface area (Å²) in [6.07, 6.45) is 2.63. The first-order chi connectivity index (χ1) is 9.10. The summed E-state index contributed by atoms with van der Waals surface area (Å²) >= 11 is 0. The quantitative estimate of drug-likeness (QED) is 0.883. The van der Waals surface area contributed by atoms with Gasteiger partial charge in [-0.15, -0.1) is 0 Å². The van der Waals surface area contributed by atoms with Gasteiger partial charge >= 0.3 is 0 Å². The highest BCUT2D eigenvalue weighted by Crippen LogP contribution is 2.23. The Hall–Kier alpha value is -0.930. The topological polar surface area (TPSA) is 23.5 Å². The fourth-order valence-corrected chi connectivity index (χ4v) is 2.74. The van der Waals surface area contributed by atoms with Gasteiger partial charge in [-0.25, -0.2) is 4.39 Å². The van der Waals surface area contributed by atoms with E-state index in [1.165, 1.54) is 18.9 Å². The molecular weight excluding hydrogens is 241 g/mol. The lowest BCUT2D eigenvalue weighted by molar-refractivity contribution is 0.147. The molecule has 2 unspecified atom stereocenters. The first kappa shape index (κ1) is 14.5. The van der Waals surface area contributed by atoms with Crippen LogP contribution in [0, 0.1) is 18.7 Å². The van der Waals surface area contributed by atoms with Crippen LogP contribution in [0.2, 0.25) is 0 Å². The molecule has 1 N–H and O–H groups in total. The second-order valence-electron chi connectivity index (χ2n) is 5.68. The third-order valence-corrected chi connectivity index (χ3v) is 4.25. The van der Waals surface area contributed by atoms with Crippen LogP contribution in [0.1, 0.15) is 43.4 Å². The van der Waals surface area contributed by atoms with Crippen molar-refractivity contribution >= 4 is 0 Å². The van der Waals surface area contributed by atoms with Crippen molar-refractivity contribution in [3.8, 4) is 0 Å². The maximum Gasteiger partial charge on any atom is 0.126 e. The maximum absolute atomic E-state index is 13.5. The molecular formula is C16H24FNO. The highest BCUT2D eigenvalue weighted by Gasteiger charge is 2.21. The molecule has 1 aromatic carbocycles. The minimum absolute atomic E-state index is 0.233. The van der Waals surface area contributed by atoms with Crippen LogP contribution in [0.4, 0.5) is 4.39 Å². The van der Waals surface area contributed by atoms with E-state index in [-0.39, 0.29) is 5.82 Å². The van der Waals surface area contributed by atoms with Crippen LogP contribution in [-0.4, -0.2) is 29.6 Å². The average Bonchev–Trinajstić information content (AvgIpc) is 2.87. The predicted octanol–water partition coefficient (Wildman–Crippen LogP) is 3.29. The summed E-state index contributed by atoms with van der Waals surface area (Å²) < 4.78 is 13.5. The van der Waals surface area contributed by atoms with Gasteiger partial charge in [-0.2, -0.15) is 0 Å². The van der Waals surface area contributed by atoms with Gasteiger partial charge in [0.15, 0.2) is 0 Å². The molecule has 0 saturated carbocycles. The Morgan fingerprint density at radius 3 is 2.89 bits per heavy atom. The van der Waals surface area contributed by atoms with Crippen molar-refractivity contribution in [3.63, 3.8) is 0 Å².